The summed E-state index contributed by atoms with van der Waals surface area (Å²) < 4.78 is 14.3. The van der Waals surface area contributed by atoms with Crippen LogP contribution in [0.25, 0.3) is 16.2 Å². The third-order valence-corrected chi connectivity index (χ3v) is 7.12. The minimum absolute atomic E-state index is 0.513. The molecule has 0 aliphatic rings. The number of amides is 1. The number of carbonyl (C=O) groups is 1. The van der Waals surface area contributed by atoms with Crippen molar-refractivity contribution in [2.45, 2.75) is 5.66 Å². The SMILES string of the molecule is CP(=O)(O)C(C(=O)N/C=C/c1cccc(Br)c1)c1csc2ccc(Cl)cc12. The highest BCUT2D eigenvalue weighted by Crippen LogP contribution is 2.54. The van der Waals surface area contributed by atoms with E-state index in [9.17, 15) is 14.3 Å². The molecule has 1 heterocycles. The van der Waals surface area contributed by atoms with Gasteiger partial charge in [-0.05, 0) is 58.3 Å². The predicted molar refractivity (Wildman–Crippen MR) is 117 cm³/mol. The van der Waals surface area contributed by atoms with Crippen LogP contribution >= 0.6 is 46.2 Å². The molecule has 0 fully saturated rings. The van der Waals surface area contributed by atoms with Crippen LogP contribution in [0.3, 0.4) is 0 Å². The Kier molecular flexibility index (Phi) is 6.24. The summed E-state index contributed by atoms with van der Waals surface area (Å²) in [4.78, 5) is 23.0. The van der Waals surface area contributed by atoms with E-state index in [0.717, 1.165) is 20.1 Å². The van der Waals surface area contributed by atoms with E-state index in [-0.39, 0.29) is 0 Å². The maximum atomic E-state index is 12.7. The molecule has 3 aromatic rings. The normalized spacial score (nSPS) is 15.0. The zero-order chi connectivity index (χ0) is 19.6. The van der Waals surface area contributed by atoms with E-state index in [1.807, 2.05) is 30.3 Å². The molecule has 0 aliphatic heterocycles. The molecule has 1 amide bonds. The lowest BCUT2D eigenvalue weighted by Gasteiger charge is -2.18. The lowest BCUT2D eigenvalue weighted by molar-refractivity contribution is -0.120. The molecule has 0 bridgehead atoms. The van der Waals surface area contributed by atoms with E-state index < -0.39 is 18.9 Å². The fourth-order valence-electron chi connectivity index (χ4n) is 2.76. The molecule has 0 saturated heterocycles. The Morgan fingerprint density at radius 2 is 2.11 bits per heavy atom. The standard InChI is InChI=1S/C19H16BrClNO3PS/c1-26(24,25)18(16-11-27-17-6-5-14(21)10-15(16)17)19(23)22-8-7-12-3-2-4-13(20)9-12/h2-11,18H,1H3,(H,22,23)(H,24,25)/b8-7+. The van der Waals surface area contributed by atoms with Gasteiger partial charge in [-0.3, -0.25) is 9.36 Å². The number of hydrogen-bond acceptors (Lipinski definition) is 3. The highest BCUT2D eigenvalue weighted by atomic mass is 79.9. The van der Waals surface area contributed by atoms with Gasteiger partial charge in [-0.2, -0.15) is 0 Å². The summed E-state index contributed by atoms with van der Waals surface area (Å²) in [6, 6.07) is 12.9. The van der Waals surface area contributed by atoms with E-state index in [2.05, 4.69) is 21.2 Å². The molecule has 8 heteroatoms. The fraction of sp³-hybridized carbons (Fsp3) is 0.105. The van der Waals surface area contributed by atoms with Gasteiger partial charge >= 0.3 is 0 Å². The molecule has 0 saturated carbocycles. The van der Waals surface area contributed by atoms with Gasteiger partial charge in [-0.1, -0.05) is 39.7 Å². The Balaban J connectivity index is 1.89. The molecule has 2 atom stereocenters. The van der Waals surface area contributed by atoms with Crippen LogP contribution in [0.5, 0.6) is 0 Å². The minimum atomic E-state index is -3.75. The maximum Gasteiger partial charge on any atom is 0.241 e. The summed E-state index contributed by atoms with van der Waals surface area (Å²) in [5, 5.41) is 5.61. The molecule has 4 nitrogen and oxygen atoms in total. The Labute approximate surface area is 174 Å². The summed E-state index contributed by atoms with van der Waals surface area (Å²) >= 11 is 10.9. The van der Waals surface area contributed by atoms with Crippen LogP contribution in [0, 0.1) is 0 Å². The van der Waals surface area contributed by atoms with Crippen molar-refractivity contribution in [3.63, 3.8) is 0 Å². The van der Waals surface area contributed by atoms with Gasteiger partial charge in [-0.15, -0.1) is 11.3 Å². The van der Waals surface area contributed by atoms with Crippen LogP contribution in [0.15, 0.2) is 58.5 Å². The van der Waals surface area contributed by atoms with E-state index in [0.29, 0.717) is 10.6 Å². The van der Waals surface area contributed by atoms with Gasteiger partial charge in [0.05, 0.1) is 0 Å². The van der Waals surface area contributed by atoms with Crippen molar-refractivity contribution < 1.29 is 14.3 Å². The first-order valence-electron chi connectivity index (χ1n) is 7.95. The minimum Gasteiger partial charge on any atom is -0.344 e. The number of halogens is 2. The summed E-state index contributed by atoms with van der Waals surface area (Å²) in [6.45, 7) is 1.20. The van der Waals surface area contributed by atoms with Crippen molar-refractivity contribution in [1.29, 1.82) is 0 Å². The fourth-order valence-corrected chi connectivity index (χ4v) is 5.66. The second-order valence-electron chi connectivity index (χ2n) is 6.07. The molecule has 2 aromatic carbocycles. The summed E-state index contributed by atoms with van der Waals surface area (Å²) in [5.74, 6) is -0.533. The summed E-state index contributed by atoms with van der Waals surface area (Å²) in [6.07, 6.45) is 3.20. The number of benzene rings is 2. The Hall–Kier alpha value is -1.43. The van der Waals surface area contributed by atoms with Crippen LogP contribution in [-0.2, 0) is 9.36 Å². The topological polar surface area (TPSA) is 66.4 Å². The lowest BCUT2D eigenvalue weighted by atomic mass is 10.1. The van der Waals surface area contributed by atoms with Crippen LogP contribution in [0.2, 0.25) is 5.02 Å². The van der Waals surface area contributed by atoms with Crippen molar-refractivity contribution in [3.8, 4) is 0 Å². The van der Waals surface area contributed by atoms with Crippen molar-refractivity contribution in [2.75, 3.05) is 6.66 Å². The smallest absolute Gasteiger partial charge is 0.241 e. The number of hydrogen-bond donors (Lipinski definition) is 2. The van der Waals surface area contributed by atoms with Crippen LogP contribution in [0.4, 0.5) is 0 Å². The van der Waals surface area contributed by atoms with E-state index in [4.69, 9.17) is 11.6 Å². The molecule has 140 valence electrons. The number of carbonyl (C=O) groups excluding carboxylic acids is 1. The monoisotopic (exact) mass is 483 g/mol. The predicted octanol–water partition coefficient (Wildman–Crippen LogP) is 6.05. The molecule has 3 rings (SSSR count). The summed E-state index contributed by atoms with van der Waals surface area (Å²) in [5.41, 5.74) is 0.230. The van der Waals surface area contributed by atoms with Crippen LogP contribution in [-0.4, -0.2) is 17.5 Å². The lowest BCUT2D eigenvalue weighted by Crippen LogP contribution is -2.25. The van der Waals surface area contributed by atoms with Crippen LogP contribution in [0.1, 0.15) is 16.8 Å². The van der Waals surface area contributed by atoms with Crippen molar-refractivity contribution in [2.24, 2.45) is 0 Å². The first-order chi connectivity index (χ1) is 12.8. The first kappa shape index (κ1) is 20.3. The van der Waals surface area contributed by atoms with Gasteiger partial charge in [0, 0.05) is 27.1 Å². The highest BCUT2D eigenvalue weighted by molar-refractivity contribution is 9.10. The van der Waals surface area contributed by atoms with Gasteiger partial charge in [0.1, 0.15) is 5.66 Å². The Bertz CT molecular complexity index is 1080. The molecule has 27 heavy (non-hydrogen) atoms. The number of nitrogens with one attached hydrogen (secondary N) is 1. The van der Waals surface area contributed by atoms with Gasteiger partial charge in [-0.25, -0.2) is 0 Å². The van der Waals surface area contributed by atoms with Crippen LogP contribution < -0.4 is 5.32 Å². The molecular formula is C19H16BrClNO3PS. The highest BCUT2D eigenvalue weighted by Gasteiger charge is 2.36. The number of fused-ring (bicyclic) bond motifs is 1. The number of rotatable bonds is 5. The van der Waals surface area contributed by atoms with Gasteiger partial charge in [0.25, 0.3) is 0 Å². The Morgan fingerprint density at radius 1 is 1.33 bits per heavy atom. The average molecular weight is 485 g/mol. The van der Waals surface area contributed by atoms with Gasteiger partial charge in [0.15, 0.2) is 0 Å². The number of thiophene rings is 1. The van der Waals surface area contributed by atoms with Gasteiger partial charge < -0.3 is 10.2 Å². The van der Waals surface area contributed by atoms with E-state index >= 15 is 0 Å². The second-order valence-corrected chi connectivity index (χ2v) is 10.7. The largest absolute Gasteiger partial charge is 0.344 e. The van der Waals surface area contributed by atoms with Crippen molar-refractivity contribution in [1.82, 2.24) is 5.32 Å². The molecule has 1 aromatic heterocycles. The second kappa shape index (κ2) is 8.29. The van der Waals surface area contributed by atoms with E-state index in [1.54, 1.807) is 23.6 Å². The van der Waals surface area contributed by atoms with Crippen molar-refractivity contribution in [3.05, 3.63) is 74.7 Å². The molecule has 0 radical (unpaired) electrons. The molecule has 0 aliphatic carbocycles. The third kappa shape index (κ3) is 4.89. The molecule has 0 spiro atoms. The molecule has 2 N–H and O–H groups in total. The average Bonchev–Trinajstić information content (AvgIpc) is 2.96. The Morgan fingerprint density at radius 3 is 2.81 bits per heavy atom. The third-order valence-electron chi connectivity index (χ3n) is 3.94. The summed E-state index contributed by atoms with van der Waals surface area (Å²) in [7, 11) is -3.75. The van der Waals surface area contributed by atoms with Gasteiger partial charge in [0.2, 0.25) is 13.3 Å². The zero-order valence-electron chi connectivity index (χ0n) is 14.2. The molecule has 2 unspecified atom stereocenters. The molecular weight excluding hydrogens is 469 g/mol. The van der Waals surface area contributed by atoms with E-state index in [1.165, 1.54) is 24.2 Å². The zero-order valence-corrected chi connectivity index (χ0v) is 18.3. The maximum absolute atomic E-state index is 12.7. The van der Waals surface area contributed by atoms with Crippen molar-refractivity contribution >= 4 is 68.3 Å². The first-order valence-corrected chi connectivity index (χ1v) is 12.2. The quantitative estimate of drug-likeness (QED) is 0.434.